The fourth-order valence-electron chi connectivity index (χ4n) is 6.78. The van der Waals surface area contributed by atoms with Gasteiger partial charge < -0.3 is 0 Å². The molecule has 8 unspecified atom stereocenters. The van der Waals surface area contributed by atoms with Gasteiger partial charge in [-0.1, -0.05) is 23.3 Å². The number of hydrogen-bond acceptors (Lipinski definition) is 0. The third-order valence-corrected chi connectivity index (χ3v) is 7.40. The van der Waals surface area contributed by atoms with Crippen LogP contribution >= 0.6 is 0 Å². The fraction of sp³-hybridized carbons (Fsp3) is 0.765. The zero-order chi connectivity index (χ0) is 11.3. The lowest BCUT2D eigenvalue weighted by molar-refractivity contribution is 0.229. The Kier molecular flexibility index (Phi) is 1.51. The third kappa shape index (κ3) is 0.882. The van der Waals surface area contributed by atoms with Crippen LogP contribution in [0.3, 0.4) is 0 Å². The summed E-state index contributed by atoms with van der Waals surface area (Å²) in [5.41, 5.74) is 3.58. The summed E-state index contributed by atoms with van der Waals surface area (Å²) in [6.07, 6.45) is 9.75. The zero-order valence-electron chi connectivity index (χ0n) is 10.9. The maximum atomic E-state index is 2.58. The van der Waals surface area contributed by atoms with E-state index in [4.69, 9.17) is 0 Å². The Morgan fingerprint density at radius 1 is 0.765 bits per heavy atom. The number of hydrogen-bond donors (Lipinski definition) is 0. The molecule has 0 aliphatic heterocycles. The Bertz CT molecular complexity index is 455. The summed E-state index contributed by atoms with van der Waals surface area (Å²) in [4.78, 5) is 0. The van der Waals surface area contributed by atoms with E-state index < -0.39 is 0 Å². The summed E-state index contributed by atoms with van der Waals surface area (Å²) < 4.78 is 0. The van der Waals surface area contributed by atoms with Crippen molar-refractivity contribution in [3.63, 3.8) is 0 Å². The molecule has 8 atom stereocenters. The Labute approximate surface area is 104 Å². The summed E-state index contributed by atoms with van der Waals surface area (Å²) in [6.45, 7) is 4.86. The Morgan fingerprint density at radius 2 is 1.53 bits per heavy atom. The molecular formula is C17H22. The lowest BCUT2D eigenvalue weighted by atomic mass is 9.72. The first-order valence-electron chi connectivity index (χ1n) is 7.61. The highest BCUT2D eigenvalue weighted by atomic mass is 14.7. The highest BCUT2D eigenvalue weighted by molar-refractivity contribution is 5.33. The fourth-order valence-corrected chi connectivity index (χ4v) is 6.78. The first kappa shape index (κ1) is 9.42. The van der Waals surface area contributed by atoms with Crippen LogP contribution in [0.15, 0.2) is 23.3 Å². The molecular weight excluding hydrogens is 204 g/mol. The Balaban J connectivity index is 1.60. The molecule has 5 rings (SSSR count). The van der Waals surface area contributed by atoms with E-state index in [1.807, 2.05) is 0 Å². The minimum atomic E-state index is 0.979. The lowest BCUT2D eigenvalue weighted by Crippen LogP contribution is -2.27. The van der Waals surface area contributed by atoms with E-state index in [1.165, 1.54) is 12.8 Å². The minimum Gasteiger partial charge on any atom is -0.0848 e. The van der Waals surface area contributed by atoms with Crippen molar-refractivity contribution in [1.29, 1.82) is 0 Å². The highest BCUT2D eigenvalue weighted by Crippen LogP contribution is 2.70. The minimum absolute atomic E-state index is 0.979. The summed E-state index contributed by atoms with van der Waals surface area (Å²) in [6, 6.07) is 0. The molecule has 0 amide bonds. The normalized spacial score (nSPS) is 61.5. The van der Waals surface area contributed by atoms with E-state index in [0.29, 0.717) is 0 Å². The number of allylic oxidation sites excluding steroid dienone is 4. The van der Waals surface area contributed by atoms with Gasteiger partial charge in [-0.15, -0.1) is 0 Å². The molecule has 0 aromatic heterocycles. The molecule has 4 bridgehead atoms. The van der Waals surface area contributed by atoms with Crippen molar-refractivity contribution in [2.24, 2.45) is 47.3 Å². The molecule has 0 saturated heterocycles. The number of fused-ring (bicyclic) bond motifs is 11. The van der Waals surface area contributed by atoms with Gasteiger partial charge in [0.2, 0.25) is 0 Å². The average Bonchev–Trinajstić information content (AvgIpc) is 3.03. The first-order valence-corrected chi connectivity index (χ1v) is 7.61. The van der Waals surface area contributed by atoms with E-state index in [2.05, 4.69) is 26.0 Å². The summed E-state index contributed by atoms with van der Waals surface area (Å²) in [5.74, 6) is 8.31. The van der Waals surface area contributed by atoms with Crippen LogP contribution in [0.1, 0.15) is 33.1 Å². The second-order valence-electron chi connectivity index (χ2n) is 7.48. The molecule has 5 aliphatic rings. The van der Waals surface area contributed by atoms with Crippen LogP contribution in [0, 0.1) is 47.3 Å². The predicted octanol–water partition coefficient (Wildman–Crippen LogP) is 4.05. The van der Waals surface area contributed by atoms with Crippen molar-refractivity contribution in [2.75, 3.05) is 0 Å². The first-order chi connectivity index (χ1) is 8.25. The highest BCUT2D eigenvalue weighted by Gasteiger charge is 2.63. The van der Waals surface area contributed by atoms with Crippen molar-refractivity contribution in [3.8, 4) is 0 Å². The molecule has 3 fully saturated rings. The monoisotopic (exact) mass is 226 g/mol. The Hall–Kier alpha value is -0.520. The molecule has 0 heteroatoms. The van der Waals surface area contributed by atoms with E-state index in [1.54, 1.807) is 17.6 Å². The van der Waals surface area contributed by atoms with Crippen LogP contribution in [0.5, 0.6) is 0 Å². The maximum Gasteiger partial charge on any atom is -0.0163 e. The topological polar surface area (TPSA) is 0 Å². The van der Waals surface area contributed by atoms with Crippen molar-refractivity contribution in [1.82, 2.24) is 0 Å². The molecule has 0 spiro atoms. The third-order valence-electron chi connectivity index (χ3n) is 7.40. The SMILES string of the molecule is CC1=C(C)C2CC1C1CC3C4C=CC(C4)C3C21. The molecule has 17 heavy (non-hydrogen) atoms. The van der Waals surface area contributed by atoms with Crippen molar-refractivity contribution in [2.45, 2.75) is 33.1 Å². The molecule has 0 heterocycles. The van der Waals surface area contributed by atoms with Crippen molar-refractivity contribution in [3.05, 3.63) is 23.3 Å². The largest absolute Gasteiger partial charge is 0.0848 e. The summed E-state index contributed by atoms with van der Waals surface area (Å²) >= 11 is 0. The van der Waals surface area contributed by atoms with Gasteiger partial charge in [0.1, 0.15) is 0 Å². The average molecular weight is 226 g/mol. The second kappa shape index (κ2) is 2.73. The molecule has 0 N–H and O–H groups in total. The van der Waals surface area contributed by atoms with Gasteiger partial charge in [-0.05, 0) is 80.5 Å². The molecule has 5 aliphatic carbocycles. The van der Waals surface area contributed by atoms with Gasteiger partial charge in [0.15, 0.2) is 0 Å². The second-order valence-corrected chi connectivity index (χ2v) is 7.48. The smallest absolute Gasteiger partial charge is 0.0163 e. The van der Waals surface area contributed by atoms with Gasteiger partial charge in [-0.2, -0.15) is 0 Å². The van der Waals surface area contributed by atoms with E-state index in [0.717, 1.165) is 47.3 Å². The van der Waals surface area contributed by atoms with Crippen LogP contribution in [-0.2, 0) is 0 Å². The van der Waals surface area contributed by atoms with Gasteiger partial charge in [-0.3, -0.25) is 0 Å². The van der Waals surface area contributed by atoms with Gasteiger partial charge in [0, 0.05) is 0 Å². The maximum absolute atomic E-state index is 2.58. The van der Waals surface area contributed by atoms with Crippen molar-refractivity contribution >= 4 is 0 Å². The van der Waals surface area contributed by atoms with Crippen LogP contribution < -0.4 is 0 Å². The molecule has 0 nitrogen and oxygen atoms in total. The lowest BCUT2D eigenvalue weighted by Gasteiger charge is -2.33. The number of rotatable bonds is 0. The van der Waals surface area contributed by atoms with Crippen LogP contribution in [-0.4, -0.2) is 0 Å². The van der Waals surface area contributed by atoms with E-state index >= 15 is 0 Å². The van der Waals surface area contributed by atoms with Crippen LogP contribution in [0.2, 0.25) is 0 Å². The molecule has 3 saturated carbocycles. The van der Waals surface area contributed by atoms with Crippen LogP contribution in [0.4, 0.5) is 0 Å². The Morgan fingerprint density at radius 3 is 2.41 bits per heavy atom. The standard InChI is InChI=1S/C17H22/c1-8-9(2)13-6-12(8)15-7-14-10-3-4-11(5-10)16(14)17(13)15/h3-4,10-17H,5-7H2,1-2H3. The summed E-state index contributed by atoms with van der Waals surface area (Å²) in [5, 5.41) is 0. The van der Waals surface area contributed by atoms with Crippen LogP contribution in [0.25, 0.3) is 0 Å². The van der Waals surface area contributed by atoms with Crippen molar-refractivity contribution < 1.29 is 0 Å². The molecule has 0 aromatic rings. The molecule has 0 aromatic carbocycles. The summed E-state index contributed by atoms with van der Waals surface area (Å²) in [7, 11) is 0. The predicted molar refractivity (Wildman–Crippen MR) is 69.3 cm³/mol. The quantitative estimate of drug-likeness (QED) is 0.547. The van der Waals surface area contributed by atoms with E-state index in [9.17, 15) is 0 Å². The molecule has 0 radical (unpaired) electrons. The van der Waals surface area contributed by atoms with Gasteiger partial charge >= 0.3 is 0 Å². The van der Waals surface area contributed by atoms with Gasteiger partial charge in [0.05, 0.1) is 0 Å². The molecule has 90 valence electrons. The van der Waals surface area contributed by atoms with Gasteiger partial charge in [0.25, 0.3) is 0 Å². The van der Waals surface area contributed by atoms with E-state index in [-0.39, 0.29) is 0 Å². The van der Waals surface area contributed by atoms with Gasteiger partial charge in [-0.25, -0.2) is 0 Å². The zero-order valence-corrected chi connectivity index (χ0v) is 10.9.